The first-order valence-electron chi connectivity index (χ1n) is 4.98. The molecule has 0 fully saturated rings. The van der Waals surface area contributed by atoms with Crippen LogP contribution in [0, 0.1) is 0 Å². The smallest absolute Gasteiger partial charge is 0.265 e. The molecule has 0 saturated carbocycles. The standard InChI is InChI=1S/C10H12N4O3S/c1-14-6-8(5-12-14)18(16,17)13-10-3-2-7(15)4-9(10)11/h2-6,13,15H,11H2,1H3. The number of anilines is 2. The van der Waals surface area contributed by atoms with Gasteiger partial charge in [-0.25, -0.2) is 8.42 Å². The van der Waals surface area contributed by atoms with Gasteiger partial charge in [0.2, 0.25) is 0 Å². The van der Waals surface area contributed by atoms with Crippen LogP contribution in [-0.4, -0.2) is 23.3 Å². The molecule has 18 heavy (non-hydrogen) atoms. The average Bonchev–Trinajstić information content (AvgIpc) is 2.70. The van der Waals surface area contributed by atoms with E-state index in [9.17, 15) is 13.5 Å². The van der Waals surface area contributed by atoms with Crippen LogP contribution in [0.15, 0.2) is 35.5 Å². The van der Waals surface area contributed by atoms with Crippen LogP contribution in [0.5, 0.6) is 5.75 Å². The average molecular weight is 268 g/mol. The van der Waals surface area contributed by atoms with Crippen molar-refractivity contribution in [1.29, 1.82) is 0 Å². The van der Waals surface area contributed by atoms with Gasteiger partial charge >= 0.3 is 0 Å². The van der Waals surface area contributed by atoms with Crippen molar-refractivity contribution >= 4 is 21.4 Å². The molecule has 7 nitrogen and oxygen atoms in total. The maximum atomic E-state index is 12.0. The van der Waals surface area contributed by atoms with Crippen molar-refractivity contribution < 1.29 is 13.5 Å². The summed E-state index contributed by atoms with van der Waals surface area (Å²) in [5.41, 5.74) is 5.95. The summed E-state index contributed by atoms with van der Waals surface area (Å²) in [7, 11) is -2.10. The van der Waals surface area contributed by atoms with E-state index in [1.165, 1.54) is 35.3 Å². The highest BCUT2D eigenvalue weighted by molar-refractivity contribution is 7.92. The normalized spacial score (nSPS) is 11.4. The number of phenols is 1. The van der Waals surface area contributed by atoms with Gasteiger partial charge in [-0.15, -0.1) is 0 Å². The first kappa shape index (κ1) is 12.2. The largest absolute Gasteiger partial charge is 0.508 e. The number of sulfonamides is 1. The number of hydrogen-bond donors (Lipinski definition) is 3. The van der Waals surface area contributed by atoms with Crippen LogP contribution >= 0.6 is 0 Å². The number of nitrogens with one attached hydrogen (secondary N) is 1. The topological polar surface area (TPSA) is 110 Å². The zero-order chi connectivity index (χ0) is 13.3. The molecule has 1 aromatic carbocycles. The van der Waals surface area contributed by atoms with Gasteiger partial charge in [0, 0.05) is 19.3 Å². The van der Waals surface area contributed by atoms with Gasteiger partial charge in [-0.05, 0) is 12.1 Å². The first-order valence-corrected chi connectivity index (χ1v) is 6.47. The molecule has 0 unspecified atom stereocenters. The number of aromatic hydroxyl groups is 1. The summed E-state index contributed by atoms with van der Waals surface area (Å²) in [6.07, 6.45) is 2.61. The van der Waals surface area contributed by atoms with Gasteiger partial charge in [0.15, 0.2) is 0 Å². The SMILES string of the molecule is Cn1cc(S(=O)(=O)Nc2ccc(O)cc2N)cn1. The lowest BCUT2D eigenvalue weighted by molar-refractivity contribution is 0.475. The zero-order valence-electron chi connectivity index (χ0n) is 9.53. The molecule has 0 aliphatic rings. The Morgan fingerprint density at radius 3 is 2.72 bits per heavy atom. The maximum absolute atomic E-state index is 12.0. The van der Waals surface area contributed by atoms with Crippen LogP contribution < -0.4 is 10.5 Å². The van der Waals surface area contributed by atoms with E-state index in [0.717, 1.165) is 0 Å². The molecule has 0 bridgehead atoms. The van der Waals surface area contributed by atoms with Crippen LogP contribution in [-0.2, 0) is 17.1 Å². The minimum absolute atomic E-state index is 0.0307. The Bertz CT molecular complexity index is 678. The predicted molar refractivity (Wildman–Crippen MR) is 66.5 cm³/mol. The van der Waals surface area contributed by atoms with Crippen LogP contribution in [0.2, 0.25) is 0 Å². The Hall–Kier alpha value is -2.22. The first-order chi connectivity index (χ1) is 8.38. The number of rotatable bonds is 3. The molecule has 0 aliphatic carbocycles. The van der Waals surface area contributed by atoms with Crippen LogP contribution in [0.1, 0.15) is 0 Å². The molecule has 96 valence electrons. The third-order valence-electron chi connectivity index (χ3n) is 2.27. The third-order valence-corrected chi connectivity index (χ3v) is 3.59. The van der Waals surface area contributed by atoms with Crippen molar-refractivity contribution in [3.8, 4) is 5.75 Å². The Morgan fingerprint density at radius 1 is 1.44 bits per heavy atom. The second-order valence-corrected chi connectivity index (χ2v) is 5.41. The molecule has 2 aromatic rings. The molecule has 0 amide bonds. The Labute approximate surface area is 104 Å². The lowest BCUT2D eigenvalue weighted by Gasteiger charge is -2.08. The van der Waals surface area contributed by atoms with Crippen LogP contribution in [0.3, 0.4) is 0 Å². The molecule has 1 aromatic heterocycles. The van der Waals surface area contributed by atoms with E-state index < -0.39 is 10.0 Å². The quantitative estimate of drug-likeness (QED) is 0.555. The fourth-order valence-corrected chi connectivity index (χ4v) is 2.45. The lowest BCUT2D eigenvalue weighted by Crippen LogP contribution is -2.13. The van der Waals surface area contributed by atoms with Gasteiger partial charge in [0.1, 0.15) is 10.6 Å². The summed E-state index contributed by atoms with van der Waals surface area (Å²) in [5.74, 6) is -0.0307. The van der Waals surface area contributed by atoms with Crippen molar-refractivity contribution in [3.63, 3.8) is 0 Å². The van der Waals surface area contributed by atoms with Gasteiger partial charge in [-0.1, -0.05) is 0 Å². The van der Waals surface area contributed by atoms with Gasteiger partial charge in [0.25, 0.3) is 10.0 Å². The van der Waals surface area contributed by atoms with E-state index in [1.54, 1.807) is 7.05 Å². The van der Waals surface area contributed by atoms with E-state index in [-0.39, 0.29) is 22.0 Å². The highest BCUT2D eigenvalue weighted by Gasteiger charge is 2.17. The summed E-state index contributed by atoms with van der Waals surface area (Å²) >= 11 is 0. The number of benzene rings is 1. The van der Waals surface area contributed by atoms with E-state index in [2.05, 4.69) is 9.82 Å². The fourth-order valence-electron chi connectivity index (χ4n) is 1.38. The minimum atomic E-state index is -3.72. The molecule has 0 radical (unpaired) electrons. The van der Waals surface area contributed by atoms with Gasteiger partial charge in [-0.2, -0.15) is 5.10 Å². The van der Waals surface area contributed by atoms with Crippen molar-refractivity contribution in [2.45, 2.75) is 4.90 Å². The lowest BCUT2D eigenvalue weighted by atomic mass is 10.2. The minimum Gasteiger partial charge on any atom is -0.508 e. The number of nitrogens with zero attached hydrogens (tertiary/aromatic N) is 2. The molecular weight excluding hydrogens is 256 g/mol. The highest BCUT2D eigenvalue weighted by Crippen LogP contribution is 2.25. The Kier molecular flexibility index (Phi) is 2.87. The summed E-state index contributed by atoms with van der Waals surface area (Å²) in [6, 6.07) is 4.00. The second-order valence-electron chi connectivity index (χ2n) is 3.73. The Balaban J connectivity index is 2.33. The summed E-state index contributed by atoms with van der Waals surface area (Å²) in [5, 5.41) is 13.0. The predicted octanol–water partition coefficient (Wildman–Crippen LogP) is 0.509. The van der Waals surface area contributed by atoms with Crippen LogP contribution in [0.25, 0.3) is 0 Å². The van der Waals surface area contributed by atoms with E-state index in [4.69, 9.17) is 5.73 Å². The van der Waals surface area contributed by atoms with Gasteiger partial charge in [0.05, 0.1) is 17.6 Å². The van der Waals surface area contributed by atoms with Gasteiger partial charge < -0.3 is 10.8 Å². The van der Waals surface area contributed by atoms with Gasteiger partial charge in [-0.3, -0.25) is 9.40 Å². The number of nitrogens with two attached hydrogens (primary N) is 1. The molecule has 2 rings (SSSR count). The van der Waals surface area contributed by atoms with E-state index >= 15 is 0 Å². The molecule has 1 heterocycles. The third kappa shape index (κ3) is 2.38. The molecule has 0 atom stereocenters. The number of aromatic nitrogens is 2. The number of hydrogen-bond acceptors (Lipinski definition) is 5. The fraction of sp³-hybridized carbons (Fsp3) is 0.100. The van der Waals surface area contributed by atoms with Crippen molar-refractivity contribution in [2.75, 3.05) is 10.5 Å². The van der Waals surface area contributed by atoms with Crippen molar-refractivity contribution in [2.24, 2.45) is 7.05 Å². The number of nitrogen functional groups attached to an aromatic ring is 1. The van der Waals surface area contributed by atoms with E-state index in [0.29, 0.717) is 0 Å². The number of aryl methyl sites for hydroxylation is 1. The monoisotopic (exact) mass is 268 g/mol. The molecule has 0 spiro atoms. The second kappa shape index (κ2) is 4.22. The Morgan fingerprint density at radius 2 is 2.17 bits per heavy atom. The molecule has 4 N–H and O–H groups in total. The van der Waals surface area contributed by atoms with Crippen molar-refractivity contribution in [3.05, 3.63) is 30.6 Å². The molecule has 0 saturated heterocycles. The van der Waals surface area contributed by atoms with E-state index in [1.807, 2.05) is 0 Å². The molecule has 8 heteroatoms. The van der Waals surface area contributed by atoms with Crippen molar-refractivity contribution in [1.82, 2.24) is 9.78 Å². The number of phenolic OH excluding ortho intramolecular Hbond substituents is 1. The summed E-state index contributed by atoms with van der Waals surface area (Å²) < 4.78 is 27.6. The highest BCUT2D eigenvalue weighted by atomic mass is 32.2. The summed E-state index contributed by atoms with van der Waals surface area (Å²) in [6.45, 7) is 0. The molecular formula is C10H12N4O3S. The summed E-state index contributed by atoms with van der Waals surface area (Å²) in [4.78, 5) is 0.0393. The zero-order valence-corrected chi connectivity index (χ0v) is 10.3. The molecule has 0 aliphatic heterocycles. The van der Waals surface area contributed by atoms with Crippen LogP contribution in [0.4, 0.5) is 11.4 Å². The maximum Gasteiger partial charge on any atom is 0.265 e.